The molecule has 0 aliphatic rings. The zero-order valence-corrected chi connectivity index (χ0v) is 17.5. The van der Waals surface area contributed by atoms with Gasteiger partial charge in [0.1, 0.15) is 0 Å². The highest BCUT2D eigenvalue weighted by atomic mass is 35.5. The van der Waals surface area contributed by atoms with E-state index in [1.807, 2.05) is 43.3 Å². The molecule has 3 aromatic rings. The third-order valence-electron chi connectivity index (χ3n) is 3.92. The normalized spacial score (nSPS) is 11.2. The Balaban J connectivity index is 1.63. The lowest BCUT2D eigenvalue weighted by atomic mass is 10.1. The minimum atomic E-state index is -0.293. The molecule has 2 amide bonds. The van der Waals surface area contributed by atoms with Crippen molar-refractivity contribution in [3.8, 4) is 0 Å². The number of aryl methyl sites for hydroxylation is 1. The third-order valence-corrected chi connectivity index (χ3v) is 5.28. The lowest BCUT2D eigenvalue weighted by Crippen LogP contribution is -2.22. The van der Waals surface area contributed by atoms with Crippen LogP contribution < -0.4 is 10.6 Å². The SMILES string of the molecule is CC(=O)Nc1ccc(/C=C(\Cl)c2nnc(C(=O)NCc3ccc(C)cc3)s2)cc1. The summed E-state index contributed by atoms with van der Waals surface area (Å²) in [4.78, 5) is 23.4. The number of nitrogens with zero attached hydrogens (tertiary/aromatic N) is 2. The fraction of sp³-hybridized carbons (Fsp3) is 0.143. The lowest BCUT2D eigenvalue weighted by molar-refractivity contribution is -0.114. The Labute approximate surface area is 177 Å². The van der Waals surface area contributed by atoms with Gasteiger partial charge in [0.05, 0.1) is 5.03 Å². The van der Waals surface area contributed by atoms with E-state index in [4.69, 9.17) is 11.6 Å². The molecule has 0 bridgehead atoms. The summed E-state index contributed by atoms with van der Waals surface area (Å²) in [6.45, 7) is 3.88. The number of carbonyl (C=O) groups is 2. The molecule has 0 saturated heterocycles. The number of halogens is 1. The average Bonchev–Trinajstić information content (AvgIpc) is 3.19. The minimum absolute atomic E-state index is 0.131. The molecule has 0 aliphatic heterocycles. The van der Waals surface area contributed by atoms with Gasteiger partial charge in [0.2, 0.25) is 10.9 Å². The number of amides is 2. The quantitative estimate of drug-likeness (QED) is 0.609. The van der Waals surface area contributed by atoms with Crippen molar-refractivity contribution in [3.05, 3.63) is 75.2 Å². The average molecular weight is 427 g/mol. The maximum absolute atomic E-state index is 12.3. The smallest absolute Gasteiger partial charge is 0.282 e. The minimum Gasteiger partial charge on any atom is -0.346 e. The molecule has 3 rings (SSSR count). The standard InChI is InChI=1S/C21H19ClN4O2S/c1-13-3-5-16(6-4-13)12-23-19(28)21-26-25-20(29-21)18(22)11-15-7-9-17(10-8-15)24-14(2)27/h3-11H,12H2,1-2H3,(H,23,28)(H,24,27)/b18-11-. The van der Waals surface area contributed by atoms with Crippen molar-refractivity contribution in [3.63, 3.8) is 0 Å². The van der Waals surface area contributed by atoms with Crippen LogP contribution >= 0.6 is 22.9 Å². The molecule has 0 atom stereocenters. The van der Waals surface area contributed by atoms with Crippen molar-refractivity contribution >= 4 is 51.5 Å². The monoisotopic (exact) mass is 426 g/mol. The summed E-state index contributed by atoms with van der Waals surface area (Å²) >= 11 is 7.46. The first-order valence-corrected chi connectivity index (χ1v) is 10.0. The van der Waals surface area contributed by atoms with Gasteiger partial charge in [-0.15, -0.1) is 10.2 Å². The van der Waals surface area contributed by atoms with Crippen LogP contribution in [0.25, 0.3) is 11.1 Å². The number of hydrogen-bond donors (Lipinski definition) is 2. The van der Waals surface area contributed by atoms with Crippen LogP contribution in [0.4, 0.5) is 5.69 Å². The number of benzene rings is 2. The number of nitrogens with one attached hydrogen (secondary N) is 2. The van der Waals surface area contributed by atoms with Crippen LogP contribution in [0.2, 0.25) is 0 Å². The summed E-state index contributed by atoms with van der Waals surface area (Å²) in [6.07, 6.45) is 1.73. The van der Waals surface area contributed by atoms with Crippen molar-refractivity contribution in [2.24, 2.45) is 0 Å². The van der Waals surface area contributed by atoms with Gasteiger partial charge in [-0.05, 0) is 36.3 Å². The third kappa shape index (κ3) is 5.97. The molecule has 0 fully saturated rings. The van der Waals surface area contributed by atoms with E-state index < -0.39 is 0 Å². The van der Waals surface area contributed by atoms with E-state index in [9.17, 15) is 9.59 Å². The topological polar surface area (TPSA) is 84.0 Å². The molecule has 6 nitrogen and oxygen atoms in total. The van der Waals surface area contributed by atoms with Crippen molar-refractivity contribution in [1.82, 2.24) is 15.5 Å². The van der Waals surface area contributed by atoms with Gasteiger partial charge in [-0.25, -0.2) is 0 Å². The fourth-order valence-electron chi connectivity index (χ4n) is 2.45. The Bertz CT molecular complexity index is 1040. The number of aromatic nitrogens is 2. The molecular weight excluding hydrogens is 408 g/mol. The van der Waals surface area contributed by atoms with E-state index in [1.165, 1.54) is 12.5 Å². The van der Waals surface area contributed by atoms with E-state index in [1.54, 1.807) is 18.2 Å². The zero-order valence-electron chi connectivity index (χ0n) is 15.9. The number of anilines is 1. The van der Waals surface area contributed by atoms with Crippen molar-refractivity contribution in [2.75, 3.05) is 5.32 Å². The maximum atomic E-state index is 12.3. The molecular formula is C21H19ClN4O2S. The summed E-state index contributed by atoms with van der Waals surface area (Å²) in [6, 6.07) is 15.1. The highest BCUT2D eigenvalue weighted by Gasteiger charge is 2.14. The molecule has 0 radical (unpaired) electrons. The Hall–Kier alpha value is -3.03. The Kier molecular flexibility index (Phi) is 6.74. The Morgan fingerprint density at radius 2 is 1.69 bits per heavy atom. The second-order valence-electron chi connectivity index (χ2n) is 6.38. The number of carbonyl (C=O) groups excluding carboxylic acids is 2. The van der Waals surface area contributed by atoms with Crippen LogP contribution in [0.15, 0.2) is 48.5 Å². The van der Waals surface area contributed by atoms with E-state index >= 15 is 0 Å². The van der Waals surface area contributed by atoms with Gasteiger partial charge < -0.3 is 10.6 Å². The first kappa shape index (κ1) is 20.7. The van der Waals surface area contributed by atoms with Gasteiger partial charge in [-0.2, -0.15) is 0 Å². The van der Waals surface area contributed by atoms with Crippen LogP contribution in [-0.2, 0) is 11.3 Å². The van der Waals surface area contributed by atoms with Gasteiger partial charge in [0, 0.05) is 19.2 Å². The molecule has 8 heteroatoms. The van der Waals surface area contributed by atoms with E-state index in [0.29, 0.717) is 22.3 Å². The molecule has 2 N–H and O–H groups in total. The van der Waals surface area contributed by atoms with Gasteiger partial charge in [-0.1, -0.05) is 64.9 Å². The van der Waals surface area contributed by atoms with Crippen molar-refractivity contribution < 1.29 is 9.59 Å². The van der Waals surface area contributed by atoms with Crippen LogP contribution in [0, 0.1) is 6.92 Å². The van der Waals surface area contributed by atoms with E-state index in [2.05, 4.69) is 20.8 Å². The highest BCUT2D eigenvalue weighted by Crippen LogP contribution is 2.25. The largest absolute Gasteiger partial charge is 0.346 e. The maximum Gasteiger partial charge on any atom is 0.282 e. The molecule has 29 heavy (non-hydrogen) atoms. The molecule has 1 aromatic heterocycles. The summed E-state index contributed by atoms with van der Waals surface area (Å²) in [7, 11) is 0. The number of hydrogen-bond acceptors (Lipinski definition) is 5. The van der Waals surface area contributed by atoms with E-state index in [-0.39, 0.29) is 16.8 Å². The molecule has 148 valence electrons. The molecule has 0 aliphatic carbocycles. The summed E-state index contributed by atoms with van der Waals surface area (Å²) in [5.41, 5.74) is 3.72. The van der Waals surface area contributed by atoms with Gasteiger partial charge in [0.25, 0.3) is 5.91 Å². The summed E-state index contributed by atoms with van der Waals surface area (Å²) in [5, 5.41) is 14.6. The molecule has 1 heterocycles. The predicted molar refractivity (Wildman–Crippen MR) is 117 cm³/mol. The van der Waals surface area contributed by atoms with Crippen molar-refractivity contribution in [1.29, 1.82) is 0 Å². The summed E-state index contributed by atoms with van der Waals surface area (Å²) in [5.74, 6) is -0.424. The summed E-state index contributed by atoms with van der Waals surface area (Å²) < 4.78 is 0. The Morgan fingerprint density at radius 1 is 1.03 bits per heavy atom. The highest BCUT2D eigenvalue weighted by molar-refractivity contribution is 7.15. The molecule has 0 saturated carbocycles. The lowest BCUT2D eigenvalue weighted by Gasteiger charge is -2.03. The van der Waals surface area contributed by atoms with Gasteiger partial charge >= 0.3 is 0 Å². The van der Waals surface area contributed by atoms with Gasteiger partial charge in [0.15, 0.2) is 5.01 Å². The van der Waals surface area contributed by atoms with Crippen molar-refractivity contribution in [2.45, 2.75) is 20.4 Å². The van der Waals surface area contributed by atoms with Crippen LogP contribution in [0.5, 0.6) is 0 Å². The van der Waals surface area contributed by atoms with Crippen LogP contribution in [0.1, 0.15) is 38.4 Å². The zero-order chi connectivity index (χ0) is 20.8. The second kappa shape index (κ2) is 9.45. The second-order valence-corrected chi connectivity index (χ2v) is 7.76. The van der Waals surface area contributed by atoms with Gasteiger partial charge in [-0.3, -0.25) is 9.59 Å². The first-order valence-electron chi connectivity index (χ1n) is 8.83. The Morgan fingerprint density at radius 3 is 2.34 bits per heavy atom. The first-order chi connectivity index (χ1) is 13.9. The molecule has 2 aromatic carbocycles. The van der Waals surface area contributed by atoms with Crippen LogP contribution in [0.3, 0.4) is 0 Å². The molecule has 0 unspecified atom stereocenters. The predicted octanol–water partition coefficient (Wildman–Crippen LogP) is 4.47. The fourth-order valence-corrected chi connectivity index (χ4v) is 3.40. The van der Waals surface area contributed by atoms with Crippen LogP contribution in [-0.4, -0.2) is 22.0 Å². The van der Waals surface area contributed by atoms with E-state index in [0.717, 1.165) is 22.5 Å². The number of rotatable bonds is 6. The molecule has 0 spiro atoms.